The maximum absolute atomic E-state index is 11.2. The highest BCUT2D eigenvalue weighted by atomic mass is 16.5. The zero-order valence-corrected chi connectivity index (χ0v) is 9.92. The molecule has 90 valence electrons. The molecule has 2 aromatic carbocycles. The number of carbonyl (C=O) groups excluding carboxylic acids is 2. The first kappa shape index (κ1) is 12.0. The smallest absolute Gasteiger partial charge is 0.225 e. The molecule has 0 radical (unpaired) electrons. The molecule has 18 heavy (non-hydrogen) atoms. The van der Waals surface area contributed by atoms with E-state index < -0.39 is 5.78 Å². The Morgan fingerprint density at radius 1 is 1.06 bits per heavy atom. The highest BCUT2D eigenvalue weighted by molar-refractivity contribution is 6.33. The van der Waals surface area contributed by atoms with Crippen molar-refractivity contribution < 1.29 is 14.3 Å². The SMILES string of the molecule is Cc1ccc(Oc2cccc(C(=O)C=O)c2)cc1. The monoisotopic (exact) mass is 240 g/mol. The number of carbonyl (C=O) groups is 2. The maximum Gasteiger partial charge on any atom is 0.225 e. The van der Waals surface area contributed by atoms with E-state index in [9.17, 15) is 9.59 Å². The van der Waals surface area contributed by atoms with Crippen molar-refractivity contribution in [1.29, 1.82) is 0 Å². The Kier molecular flexibility index (Phi) is 3.53. The van der Waals surface area contributed by atoms with Crippen LogP contribution in [0.5, 0.6) is 11.5 Å². The van der Waals surface area contributed by atoms with Gasteiger partial charge >= 0.3 is 0 Å². The van der Waals surface area contributed by atoms with Crippen LogP contribution < -0.4 is 4.74 Å². The summed E-state index contributed by atoms with van der Waals surface area (Å²) in [5.41, 5.74) is 1.47. The van der Waals surface area contributed by atoms with Gasteiger partial charge in [-0.25, -0.2) is 0 Å². The van der Waals surface area contributed by atoms with Gasteiger partial charge in [-0.15, -0.1) is 0 Å². The zero-order valence-electron chi connectivity index (χ0n) is 9.92. The van der Waals surface area contributed by atoms with Crippen LogP contribution in [-0.2, 0) is 4.79 Å². The molecule has 0 bridgehead atoms. The normalized spacial score (nSPS) is 9.83. The van der Waals surface area contributed by atoms with Gasteiger partial charge in [-0.2, -0.15) is 0 Å². The number of benzene rings is 2. The van der Waals surface area contributed by atoms with Crippen molar-refractivity contribution in [3.05, 3.63) is 59.7 Å². The van der Waals surface area contributed by atoms with Crippen LogP contribution in [0.15, 0.2) is 48.5 Å². The van der Waals surface area contributed by atoms with Gasteiger partial charge in [-0.05, 0) is 31.2 Å². The second kappa shape index (κ2) is 5.27. The van der Waals surface area contributed by atoms with E-state index in [1.54, 1.807) is 24.3 Å². The Balaban J connectivity index is 2.21. The van der Waals surface area contributed by atoms with Gasteiger partial charge in [0, 0.05) is 5.56 Å². The summed E-state index contributed by atoms with van der Waals surface area (Å²) < 4.78 is 5.60. The summed E-state index contributed by atoms with van der Waals surface area (Å²) in [5.74, 6) is 0.673. The van der Waals surface area contributed by atoms with Gasteiger partial charge in [-0.3, -0.25) is 9.59 Å². The van der Waals surface area contributed by atoms with Gasteiger partial charge in [-0.1, -0.05) is 29.8 Å². The second-order valence-corrected chi connectivity index (χ2v) is 3.93. The van der Waals surface area contributed by atoms with Crippen LogP contribution in [0, 0.1) is 6.92 Å². The molecule has 0 unspecified atom stereocenters. The van der Waals surface area contributed by atoms with Gasteiger partial charge in [0.1, 0.15) is 11.5 Å². The van der Waals surface area contributed by atoms with Crippen LogP contribution in [0.2, 0.25) is 0 Å². The molecule has 0 aromatic heterocycles. The van der Waals surface area contributed by atoms with Crippen LogP contribution in [0.1, 0.15) is 15.9 Å². The molecule has 0 heterocycles. The number of aryl methyl sites for hydroxylation is 1. The topological polar surface area (TPSA) is 43.4 Å². The molecule has 0 saturated heterocycles. The van der Waals surface area contributed by atoms with E-state index >= 15 is 0 Å². The number of aldehydes is 1. The first-order valence-corrected chi connectivity index (χ1v) is 5.53. The molecule has 3 heteroatoms. The molecule has 2 aromatic rings. The van der Waals surface area contributed by atoms with Crippen LogP contribution in [-0.4, -0.2) is 12.1 Å². The average Bonchev–Trinajstić information content (AvgIpc) is 2.41. The molecule has 0 N–H and O–H groups in total. The van der Waals surface area contributed by atoms with Gasteiger partial charge in [0.05, 0.1) is 0 Å². The molecule has 0 aliphatic rings. The Morgan fingerprint density at radius 3 is 2.44 bits per heavy atom. The van der Waals surface area contributed by atoms with Crippen LogP contribution in [0.4, 0.5) is 0 Å². The lowest BCUT2D eigenvalue weighted by atomic mass is 10.1. The predicted octanol–water partition coefficient (Wildman–Crippen LogP) is 3.17. The third-order valence-corrected chi connectivity index (χ3v) is 2.48. The molecule has 3 nitrogen and oxygen atoms in total. The number of hydrogen-bond donors (Lipinski definition) is 0. The summed E-state index contributed by atoms with van der Waals surface area (Å²) >= 11 is 0. The van der Waals surface area contributed by atoms with E-state index in [0.29, 0.717) is 23.3 Å². The molecule has 0 amide bonds. The molecule has 0 spiro atoms. The quantitative estimate of drug-likeness (QED) is 0.468. The van der Waals surface area contributed by atoms with Gasteiger partial charge < -0.3 is 4.74 Å². The number of ether oxygens (including phenoxy) is 1. The van der Waals surface area contributed by atoms with E-state index in [1.165, 1.54) is 0 Å². The summed E-state index contributed by atoms with van der Waals surface area (Å²) in [4.78, 5) is 21.7. The van der Waals surface area contributed by atoms with Crippen molar-refractivity contribution in [3.63, 3.8) is 0 Å². The molecular formula is C15H12O3. The first-order chi connectivity index (χ1) is 8.69. The standard InChI is InChI=1S/C15H12O3/c1-11-5-7-13(8-6-11)18-14-4-2-3-12(9-14)15(17)10-16/h2-10H,1H3. The van der Waals surface area contributed by atoms with Crippen molar-refractivity contribution in [2.24, 2.45) is 0 Å². The Labute approximate surface area is 105 Å². The highest BCUT2D eigenvalue weighted by Crippen LogP contribution is 2.22. The van der Waals surface area contributed by atoms with Crippen molar-refractivity contribution in [1.82, 2.24) is 0 Å². The van der Waals surface area contributed by atoms with Gasteiger partial charge in [0.15, 0.2) is 6.29 Å². The van der Waals surface area contributed by atoms with E-state index in [-0.39, 0.29) is 0 Å². The number of Topliss-reactive ketones (excluding diaryl/α,β-unsaturated/α-hetero) is 1. The molecule has 0 aliphatic carbocycles. The lowest BCUT2D eigenvalue weighted by molar-refractivity contribution is -0.104. The maximum atomic E-state index is 11.2. The third kappa shape index (κ3) is 2.83. The summed E-state index contributed by atoms with van der Waals surface area (Å²) in [6, 6.07) is 14.1. The molecule has 0 atom stereocenters. The van der Waals surface area contributed by atoms with E-state index in [0.717, 1.165) is 5.56 Å². The second-order valence-electron chi connectivity index (χ2n) is 3.93. The fourth-order valence-electron chi connectivity index (χ4n) is 1.52. The van der Waals surface area contributed by atoms with Crippen LogP contribution >= 0.6 is 0 Å². The highest BCUT2D eigenvalue weighted by Gasteiger charge is 2.05. The fraction of sp³-hybridized carbons (Fsp3) is 0.0667. The molecule has 0 aliphatic heterocycles. The van der Waals surface area contributed by atoms with Crippen molar-refractivity contribution >= 4 is 12.1 Å². The minimum Gasteiger partial charge on any atom is -0.457 e. The molecule has 2 rings (SSSR count). The first-order valence-electron chi connectivity index (χ1n) is 5.53. The third-order valence-electron chi connectivity index (χ3n) is 2.48. The summed E-state index contributed by atoms with van der Waals surface area (Å²) in [5, 5.41) is 0. The zero-order chi connectivity index (χ0) is 13.0. The molecule has 0 fully saturated rings. The Bertz CT molecular complexity index is 571. The number of ketones is 1. The van der Waals surface area contributed by atoms with Crippen LogP contribution in [0.3, 0.4) is 0 Å². The summed E-state index contributed by atoms with van der Waals surface area (Å²) in [7, 11) is 0. The van der Waals surface area contributed by atoms with Crippen LogP contribution in [0.25, 0.3) is 0 Å². The molecular weight excluding hydrogens is 228 g/mol. The average molecular weight is 240 g/mol. The largest absolute Gasteiger partial charge is 0.457 e. The van der Waals surface area contributed by atoms with Crippen molar-refractivity contribution in [3.8, 4) is 11.5 Å². The minimum atomic E-state index is -0.552. The lowest BCUT2D eigenvalue weighted by Gasteiger charge is -2.06. The van der Waals surface area contributed by atoms with E-state index in [4.69, 9.17) is 4.74 Å². The number of rotatable bonds is 4. The predicted molar refractivity (Wildman–Crippen MR) is 68.1 cm³/mol. The van der Waals surface area contributed by atoms with Crippen molar-refractivity contribution in [2.45, 2.75) is 6.92 Å². The van der Waals surface area contributed by atoms with E-state index in [2.05, 4.69) is 0 Å². The van der Waals surface area contributed by atoms with Gasteiger partial charge in [0.25, 0.3) is 0 Å². The number of hydrogen-bond acceptors (Lipinski definition) is 3. The molecule has 0 saturated carbocycles. The fourth-order valence-corrected chi connectivity index (χ4v) is 1.52. The summed E-state index contributed by atoms with van der Waals surface area (Å²) in [6.07, 6.45) is 0.297. The summed E-state index contributed by atoms with van der Waals surface area (Å²) in [6.45, 7) is 1.99. The van der Waals surface area contributed by atoms with Gasteiger partial charge in [0.2, 0.25) is 5.78 Å². The Morgan fingerprint density at radius 2 is 1.78 bits per heavy atom. The minimum absolute atomic E-state index is 0.297. The van der Waals surface area contributed by atoms with E-state index in [1.807, 2.05) is 31.2 Å². The Hall–Kier alpha value is -2.42. The van der Waals surface area contributed by atoms with Crippen molar-refractivity contribution in [2.75, 3.05) is 0 Å². The lowest BCUT2D eigenvalue weighted by Crippen LogP contribution is -1.99.